The molecule has 0 radical (unpaired) electrons. The third-order valence-corrected chi connectivity index (χ3v) is 6.27. The summed E-state index contributed by atoms with van der Waals surface area (Å²) in [6, 6.07) is 18.6. The van der Waals surface area contributed by atoms with Gasteiger partial charge in [0.15, 0.2) is 11.6 Å². The van der Waals surface area contributed by atoms with Gasteiger partial charge in [-0.25, -0.2) is 4.79 Å². The Kier molecular flexibility index (Phi) is 10.3. The highest BCUT2D eigenvalue weighted by Crippen LogP contribution is 2.23. The van der Waals surface area contributed by atoms with Gasteiger partial charge in [-0.1, -0.05) is 42.5 Å². The van der Waals surface area contributed by atoms with Crippen LogP contribution >= 0.6 is 0 Å². The summed E-state index contributed by atoms with van der Waals surface area (Å²) in [5, 5.41) is 20.9. The highest BCUT2D eigenvalue weighted by Gasteiger charge is 2.31. The van der Waals surface area contributed by atoms with Gasteiger partial charge in [0, 0.05) is 12.7 Å². The molecule has 0 spiro atoms. The van der Waals surface area contributed by atoms with Gasteiger partial charge in [0.25, 0.3) is 0 Å². The molecule has 0 saturated heterocycles. The van der Waals surface area contributed by atoms with Gasteiger partial charge in [-0.15, -0.1) is 18.3 Å². The number of anilines is 1. The Morgan fingerprint density at radius 1 is 0.930 bits per heavy atom. The summed E-state index contributed by atoms with van der Waals surface area (Å²) < 4.78 is 42.5. The number of unbranched alkanes of at least 4 members (excludes halogenated alkanes) is 1. The number of benzene rings is 2. The molecule has 2 aromatic heterocycles. The Morgan fingerprint density at radius 3 is 2.42 bits per heavy atom. The molecule has 2 aromatic carbocycles. The molecule has 4 aromatic rings. The SMILES string of the molecule is O=C(Cc1cccc(OC(F)(F)F)c1)Nc1ccc(CCCCn2ccc(CC(=O)[C@H](O)c3ccccc3)nc2=O)nn1. The third kappa shape index (κ3) is 9.85. The van der Waals surface area contributed by atoms with Gasteiger partial charge >= 0.3 is 12.1 Å². The summed E-state index contributed by atoms with van der Waals surface area (Å²) in [7, 11) is 0. The minimum atomic E-state index is -4.82. The molecule has 2 N–H and O–H groups in total. The molecule has 0 aliphatic heterocycles. The summed E-state index contributed by atoms with van der Waals surface area (Å²) in [5.74, 6) is -1.14. The van der Waals surface area contributed by atoms with Crippen molar-refractivity contribution in [2.45, 2.75) is 51.1 Å². The number of ether oxygens (including phenoxy) is 1. The lowest BCUT2D eigenvalue weighted by Crippen LogP contribution is -2.25. The number of aliphatic hydroxyl groups is 1. The van der Waals surface area contributed by atoms with Gasteiger partial charge < -0.3 is 15.2 Å². The fraction of sp³-hybridized carbons (Fsp3) is 0.267. The topological polar surface area (TPSA) is 136 Å². The van der Waals surface area contributed by atoms with Crippen LogP contribution in [0.15, 0.2) is 83.8 Å². The predicted molar refractivity (Wildman–Crippen MR) is 149 cm³/mol. The Hall–Kier alpha value is -4.91. The van der Waals surface area contributed by atoms with E-state index in [1.807, 2.05) is 0 Å². The van der Waals surface area contributed by atoms with E-state index in [1.54, 1.807) is 54.7 Å². The minimum Gasteiger partial charge on any atom is -0.406 e. The van der Waals surface area contributed by atoms with Crippen LogP contribution in [0.3, 0.4) is 0 Å². The molecular weight excluding hydrogens is 567 g/mol. The van der Waals surface area contributed by atoms with Crippen LogP contribution in [0.4, 0.5) is 19.0 Å². The van der Waals surface area contributed by atoms with Gasteiger partial charge in [-0.3, -0.25) is 14.2 Å². The van der Waals surface area contributed by atoms with E-state index in [0.717, 1.165) is 12.1 Å². The number of nitrogens with zero attached hydrogens (tertiary/aromatic N) is 4. The largest absolute Gasteiger partial charge is 0.573 e. The smallest absolute Gasteiger partial charge is 0.406 e. The molecule has 1 amide bonds. The van der Waals surface area contributed by atoms with Crippen molar-refractivity contribution in [1.29, 1.82) is 0 Å². The molecule has 13 heteroatoms. The molecule has 10 nitrogen and oxygen atoms in total. The van der Waals surface area contributed by atoms with Crippen molar-refractivity contribution >= 4 is 17.5 Å². The number of hydrogen-bond acceptors (Lipinski definition) is 8. The van der Waals surface area contributed by atoms with E-state index < -0.39 is 35.6 Å². The van der Waals surface area contributed by atoms with Crippen LogP contribution in [0.1, 0.15) is 41.5 Å². The normalized spacial score (nSPS) is 12.0. The summed E-state index contributed by atoms with van der Waals surface area (Å²) in [5.41, 5.74) is 1.29. The van der Waals surface area contributed by atoms with Crippen molar-refractivity contribution in [2.24, 2.45) is 0 Å². The highest BCUT2D eigenvalue weighted by molar-refractivity contribution is 5.91. The van der Waals surface area contributed by atoms with E-state index in [0.29, 0.717) is 42.6 Å². The molecule has 0 aliphatic rings. The van der Waals surface area contributed by atoms with Gasteiger partial charge in [0.2, 0.25) is 5.91 Å². The number of hydrogen-bond donors (Lipinski definition) is 2. The molecule has 0 fully saturated rings. The number of aryl methyl sites for hydroxylation is 2. The maximum absolute atomic E-state index is 12.4. The van der Waals surface area contributed by atoms with Crippen LogP contribution in [-0.4, -0.2) is 42.9 Å². The second-order valence-corrected chi connectivity index (χ2v) is 9.64. The third-order valence-electron chi connectivity index (χ3n) is 6.27. The molecule has 0 aliphatic carbocycles. The number of aromatic nitrogens is 4. The first kappa shape index (κ1) is 31.0. The number of alkyl halides is 3. The van der Waals surface area contributed by atoms with Gasteiger partial charge in [0.1, 0.15) is 11.9 Å². The summed E-state index contributed by atoms with van der Waals surface area (Å²) in [4.78, 5) is 41.1. The second-order valence-electron chi connectivity index (χ2n) is 9.64. The lowest BCUT2D eigenvalue weighted by molar-refractivity contribution is -0.274. The molecule has 2 heterocycles. The van der Waals surface area contributed by atoms with Crippen molar-refractivity contribution in [2.75, 3.05) is 5.32 Å². The number of carbonyl (C=O) groups excluding carboxylic acids is 2. The fourth-order valence-electron chi connectivity index (χ4n) is 4.20. The van der Waals surface area contributed by atoms with Gasteiger partial charge in [0.05, 0.1) is 24.2 Å². The molecule has 1 atom stereocenters. The van der Waals surface area contributed by atoms with Crippen LogP contribution in [0, 0.1) is 0 Å². The number of ketones is 1. The monoisotopic (exact) mass is 595 g/mol. The summed E-state index contributed by atoms with van der Waals surface area (Å²) in [6.07, 6.45) is -2.98. The van der Waals surface area contributed by atoms with E-state index in [2.05, 4.69) is 25.2 Å². The van der Waals surface area contributed by atoms with Crippen LogP contribution in [0.25, 0.3) is 0 Å². The Morgan fingerprint density at radius 2 is 1.72 bits per heavy atom. The number of halogens is 3. The average Bonchev–Trinajstić information content (AvgIpc) is 2.96. The zero-order valence-corrected chi connectivity index (χ0v) is 22.8. The zero-order chi connectivity index (χ0) is 30.8. The lowest BCUT2D eigenvalue weighted by Gasteiger charge is -2.10. The van der Waals surface area contributed by atoms with E-state index in [1.165, 1.54) is 16.7 Å². The first-order valence-electron chi connectivity index (χ1n) is 13.3. The maximum Gasteiger partial charge on any atom is 0.573 e. The molecule has 4 rings (SSSR count). The van der Waals surface area contributed by atoms with Crippen molar-refractivity contribution < 1.29 is 32.6 Å². The number of amides is 1. The van der Waals surface area contributed by atoms with Crippen LogP contribution in [0.5, 0.6) is 5.75 Å². The predicted octanol–water partition coefficient (Wildman–Crippen LogP) is 3.98. The van der Waals surface area contributed by atoms with E-state index in [4.69, 9.17) is 0 Å². The van der Waals surface area contributed by atoms with E-state index in [9.17, 15) is 32.7 Å². The van der Waals surface area contributed by atoms with Crippen molar-refractivity contribution in [3.8, 4) is 5.75 Å². The summed E-state index contributed by atoms with van der Waals surface area (Å²) >= 11 is 0. The quantitative estimate of drug-likeness (QED) is 0.222. The maximum atomic E-state index is 12.4. The number of nitrogens with one attached hydrogen (secondary N) is 1. The Balaban J connectivity index is 1.19. The molecule has 43 heavy (non-hydrogen) atoms. The number of aliphatic hydroxyl groups excluding tert-OH is 1. The van der Waals surface area contributed by atoms with Crippen molar-refractivity contribution in [1.82, 2.24) is 19.7 Å². The van der Waals surface area contributed by atoms with Crippen LogP contribution in [-0.2, 0) is 35.4 Å². The minimum absolute atomic E-state index is 0.161. The first-order chi connectivity index (χ1) is 20.6. The number of Topliss-reactive ketones (excluding diaryl/α,β-unsaturated/α-hetero) is 1. The standard InChI is InChI=1S/C30H28F3N5O5/c31-30(32,33)43-24-11-6-7-20(17-24)18-27(40)35-26-13-12-22(36-37-26)10-4-5-15-38-16-14-23(34-29(38)42)19-25(39)28(41)21-8-2-1-3-9-21/h1-3,6-9,11-14,16-17,28,41H,4-5,10,15,18-19H2,(H,35,37,40)/t28-/m1/s1. The Labute approximate surface area is 244 Å². The van der Waals surface area contributed by atoms with Crippen molar-refractivity contribution in [3.63, 3.8) is 0 Å². The fourth-order valence-corrected chi connectivity index (χ4v) is 4.20. The van der Waals surface area contributed by atoms with Crippen molar-refractivity contribution in [3.05, 3.63) is 112 Å². The summed E-state index contributed by atoms with van der Waals surface area (Å²) in [6.45, 7) is 0.406. The molecule has 0 saturated carbocycles. The Bertz CT molecular complexity index is 1590. The number of carbonyl (C=O) groups is 2. The molecule has 224 valence electrons. The van der Waals surface area contributed by atoms with E-state index >= 15 is 0 Å². The van der Waals surface area contributed by atoms with E-state index in [-0.39, 0.29) is 24.4 Å². The second kappa shape index (κ2) is 14.3. The molecular formula is C30H28F3N5O5. The molecule has 0 bridgehead atoms. The average molecular weight is 596 g/mol. The zero-order valence-electron chi connectivity index (χ0n) is 22.8. The number of rotatable bonds is 13. The van der Waals surface area contributed by atoms with Crippen LogP contribution in [0.2, 0.25) is 0 Å². The van der Waals surface area contributed by atoms with Crippen LogP contribution < -0.4 is 15.7 Å². The lowest BCUT2D eigenvalue weighted by atomic mass is 10.0. The van der Waals surface area contributed by atoms with Gasteiger partial charge in [-0.2, -0.15) is 10.1 Å². The highest BCUT2D eigenvalue weighted by atomic mass is 19.4. The van der Waals surface area contributed by atoms with Gasteiger partial charge in [-0.05, 0) is 60.7 Å². The molecule has 0 unspecified atom stereocenters. The first-order valence-corrected chi connectivity index (χ1v) is 13.3.